The predicted molar refractivity (Wildman–Crippen MR) is 47.9 cm³/mol. The highest BCUT2D eigenvalue weighted by Crippen LogP contribution is 2.27. The van der Waals surface area contributed by atoms with Crippen LogP contribution in [0.5, 0.6) is 0 Å². The van der Waals surface area contributed by atoms with E-state index in [2.05, 4.69) is 6.92 Å². The van der Waals surface area contributed by atoms with Gasteiger partial charge in [-0.2, -0.15) is 0 Å². The number of ether oxygens (including phenoxy) is 1. The molecule has 12 heavy (non-hydrogen) atoms. The monoisotopic (exact) mass is 168 g/mol. The average molecular weight is 168 g/mol. The summed E-state index contributed by atoms with van der Waals surface area (Å²) < 4.78 is 5.24. The summed E-state index contributed by atoms with van der Waals surface area (Å²) in [7, 11) is 1.69. The second-order valence-electron chi connectivity index (χ2n) is 3.44. The molecule has 0 N–H and O–H groups in total. The number of methoxy groups -OCH3 is 1. The fraction of sp³-hybridized carbons (Fsp3) is 0.700. The molecule has 0 aromatic rings. The molecule has 68 valence electrons. The third kappa shape index (κ3) is 1.75. The number of Topliss-reactive ketones (excluding diaryl/α,β-unsaturated/α-hetero) is 1. The van der Waals surface area contributed by atoms with Crippen LogP contribution in [0.2, 0.25) is 0 Å². The first-order valence-electron chi connectivity index (χ1n) is 4.36. The zero-order valence-electron chi connectivity index (χ0n) is 7.91. The Morgan fingerprint density at radius 1 is 1.58 bits per heavy atom. The van der Waals surface area contributed by atoms with Gasteiger partial charge in [0.1, 0.15) is 5.78 Å². The van der Waals surface area contributed by atoms with Crippen molar-refractivity contribution in [3.05, 3.63) is 12.2 Å². The second-order valence-corrected chi connectivity index (χ2v) is 3.44. The Bertz CT molecular complexity index is 196. The summed E-state index contributed by atoms with van der Waals surface area (Å²) in [4.78, 5) is 11.2. The Morgan fingerprint density at radius 2 is 2.25 bits per heavy atom. The summed E-state index contributed by atoms with van der Waals surface area (Å²) in [6, 6.07) is 0. The predicted octanol–water partition coefficient (Wildman–Crippen LogP) is 1.80. The van der Waals surface area contributed by atoms with Crippen LogP contribution in [0.1, 0.15) is 20.3 Å². The zero-order chi connectivity index (χ0) is 9.14. The molecule has 1 aliphatic carbocycles. The van der Waals surface area contributed by atoms with Crippen LogP contribution in [0.25, 0.3) is 0 Å². The fourth-order valence-electron chi connectivity index (χ4n) is 1.81. The van der Waals surface area contributed by atoms with Crippen molar-refractivity contribution in [1.29, 1.82) is 0 Å². The maximum atomic E-state index is 11.2. The minimum atomic E-state index is 0.118. The van der Waals surface area contributed by atoms with Crippen molar-refractivity contribution in [2.45, 2.75) is 26.4 Å². The number of ketones is 1. The maximum absolute atomic E-state index is 11.2. The van der Waals surface area contributed by atoms with Crippen molar-refractivity contribution in [3.8, 4) is 0 Å². The van der Waals surface area contributed by atoms with Gasteiger partial charge in [0, 0.05) is 13.0 Å². The number of carbonyl (C=O) groups is 1. The Kier molecular flexibility index (Phi) is 3.04. The third-order valence-electron chi connectivity index (χ3n) is 2.66. The molecule has 0 bridgehead atoms. The highest BCUT2D eigenvalue weighted by Gasteiger charge is 2.29. The number of hydrogen-bond donors (Lipinski definition) is 0. The molecule has 0 spiro atoms. The Morgan fingerprint density at radius 3 is 2.75 bits per heavy atom. The lowest BCUT2D eigenvalue weighted by Gasteiger charge is -2.29. The van der Waals surface area contributed by atoms with Crippen molar-refractivity contribution < 1.29 is 9.53 Å². The summed E-state index contributed by atoms with van der Waals surface area (Å²) >= 11 is 0. The highest BCUT2D eigenvalue weighted by molar-refractivity contribution is 5.79. The standard InChI is InChI=1S/C10H16O2/c1-7-9(8(2)11)5-4-6-10(7)12-3/h4,6-7,9-10H,5H2,1-3H3. The van der Waals surface area contributed by atoms with Gasteiger partial charge in [0.2, 0.25) is 0 Å². The molecule has 1 aliphatic rings. The van der Waals surface area contributed by atoms with E-state index in [1.807, 2.05) is 12.2 Å². The largest absolute Gasteiger partial charge is 0.377 e. The molecule has 1 rings (SSSR count). The van der Waals surface area contributed by atoms with Crippen molar-refractivity contribution in [3.63, 3.8) is 0 Å². The van der Waals surface area contributed by atoms with Crippen LogP contribution in [-0.4, -0.2) is 19.0 Å². The molecule has 0 amide bonds. The van der Waals surface area contributed by atoms with Gasteiger partial charge in [-0.3, -0.25) is 4.79 Å². The normalized spacial score (nSPS) is 35.1. The maximum Gasteiger partial charge on any atom is 0.133 e. The molecule has 0 saturated heterocycles. The molecule has 0 aliphatic heterocycles. The minimum absolute atomic E-state index is 0.118. The van der Waals surface area contributed by atoms with Gasteiger partial charge in [-0.05, 0) is 19.3 Å². The lowest BCUT2D eigenvalue weighted by molar-refractivity contribution is -0.123. The fourth-order valence-corrected chi connectivity index (χ4v) is 1.81. The molecule has 3 atom stereocenters. The molecule has 0 heterocycles. The van der Waals surface area contributed by atoms with Gasteiger partial charge in [0.05, 0.1) is 6.10 Å². The van der Waals surface area contributed by atoms with Crippen LogP contribution in [0.15, 0.2) is 12.2 Å². The van der Waals surface area contributed by atoms with Crippen LogP contribution in [0.4, 0.5) is 0 Å². The quantitative estimate of drug-likeness (QED) is 0.588. The van der Waals surface area contributed by atoms with Crippen LogP contribution in [0, 0.1) is 11.8 Å². The summed E-state index contributed by atoms with van der Waals surface area (Å²) in [5.74, 6) is 0.742. The van der Waals surface area contributed by atoms with E-state index in [1.54, 1.807) is 14.0 Å². The molecule has 0 fully saturated rings. The van der Waals surface area contributed by atoms with Crippen LogP contribution >= 0.6 is 0 Å². The van der Waals surface area contributed by atoms with E-state index < -0.39 is 0 Å². The van der Waals surface area contributed by atoms with E-state index in [1.165, 1.54) is 0 Å². The number of hydrogen-bond acceptors (Lipinski definition) is 2. The molecule has 0 aromatic heterocycles. The number of carbonyl (C=O) groups excluding carboxylic acids is 1. The van der Waals surface area contributed by atoms with Crippen LogP contribution in [0.3, 0.4) is 0 Å². The van der Waals surface area contributed by atoms with Gasteiger partial charge in [-0.25, -0.2) is 0 Å². The van der Waals surface area contributed by atoms with Gasteiger partial charge in [-0.15, -0.1) is 0 Å². The SMILES string of the molecule is COC1C=CCC(C(C)=O)C1C. The van der Waals surface area contributed by atoms with E-state index >= 15 is 0 Å². The van der Waals surface area contributed by atoms with E-state index in [0.717, 1.165) is 6.42 Å². The first kappa shape index (κ1) is 9.46. The van der Waals surface area contributed by atoms with Gasteiger partial charge >= 0.3 is 0 Å². The highest BCUT2D eigenvalue weighted by atomic mass is 16.5. The molecule has 3 unspecified atom stereocenters. The first-order valence-corrected chi connectivity index (χ1v) is 4.36. The Hall–Kier alpha value is -0.630. The summed E-state index contributed by atoms with van der Waals surface area (Å²) in [5.41, 5.74) is 0. The van der Waals surface area contributed by atoms with E-state index in [-0.39, 0.29) is 17.8 Å². The molecular formula is C10H16O2. The third-order valence-corrected chi connectivity index (χ3v) is 2.66. The van der Waals surface area contributed by atoms with Crippen molar-refractivity contribution in [1.82, 2.24) is 0 Å². The smallest absolute Gasteiger partial charge is 0.133 e. The van der Waals surface area contributed by atoms with Crippen LogP contribution in [-0.2, 0) is 9.53 Å². The Balaban J connectivity index is 2.70. The molecule has 0 aromatic carbocycles. The lowest BCUT2D eigenvalue weighted by Crippen LogP contribution is -2.32. The van der Waals surface area contributed by atoms with E-state index in [0.29, 0.717) is 5.92 Å². The molecule has 2 nitrogen and oxygen atoms in total. The molecule has 2 heteroatoms. The van der Waals surface area contributed by atoms with Gasteiger partial charge < -0.3 is 4.74 Å². The minimum Gasteiger partial charge on any atom is -0.377 e. The molecule has 0 radical (unpaired) electrons. The van der Waals surface area contributed by atoms with Crippen LogP contribution < -0.4 is 0 Å². The zero-order valence-corrected chi connectivity index (χ0v) is 7.91. The molecule has 0 saturated carbocycles. The van der Waals surface area contributed by atoms with Crippen molar-refractivity contribution in [2.24, 2.45) is 11.8 Å². The second kappa shape index (κ2) is 3.85. The first-order chi connectivity index (χ1) is 5.66. The van der Waals surface area contributed by atoms with Crippen molar-refractivity contribution in [2.75, 3.05) is 7.11 Å². The lowest BCUT2D eigenvalue weighted by atomic mass is 9.80. The summed E-state index contributed by atoms with van der Waals surface area (Å²) in [5, 5.41) is 0. The Labute approximate surface area is 73.6 Å². The number of allylic oxidation sites excluding steroid dienone is 1. The van der Waals surface area contributed by atoms with Gasteiger partial charge in [-0.1, -0.05) is 19.1 Å². The molecular weight excluding hydrogens is 152 g/mol. The van der Waals surface area contributed by atoms with E-state index in [4.69, 9.17) is 4.74 Å². The number of rotatable bonds is 2. The summed E-state index contributed by atoms with van der Waals surface area (Å²) in [6.07, 6.45) is 5.08. The van der Waals surface area contributed by atoms with Gasteiger partial charge in [0.25, 0.3) is 0 Å². The summed E-state index contributed by atoms with van der Waals surface area (Å²) in [6.45, 7) is 3.73. The topological polar surface area (TPSA) is 26.3 Å². The van der Waals surface area contributed by atoms with Crippen molar-refractivity contribution >= 4 is 5.78 Å². The van der Waals surface area contributed by atoms with E-state index in [9.17, 15) is 4.79 Å². The van der Waals surface area contributed by atoms with Gasteiger partial charge in [0.15, 0.2) is 0 Å². The average Bonchev–Trinajstić information content (AvgIpc) is 2.04.